The monoisotopic (exact) mass is 376 g/mol. The van der Waals surface area contributed by atoms with Crippen LogP contribution in [0.5, 0.6) is 0 Å². The predicted molar refractivity (Wildman–Crippen MR) is 99.9 cm³/mol. The van der Waals surface area contributed by atoms with Crippen LogP contribution in [0.3, 0.4) is 0 Å². The van der Waals surface area contributed by atoms with Crippen molar-refractivity contribution in [2.45, 2.75) is 64.2 Å². The Labute approximate surface area is 159 Å². The first kappa shape index (κ1) is 20.7. The summed E-state index contributed by atoms with van der Waals surface area (Å²) in [6.07, 6.45) is 0.911. The van der Waals surface area contributed by atoms with Crippen LogP contribution in [0.4, 0.5) is 4.79 Å². The van der Waals surface area contributed by atoms with Crippen LogP contribution in [-0.4, -0.2) is 36.2 Å². The molecule has 1 aromatic carbocycles. The lowest BCUT2D eigenvalue weighted by atomic mass is 10.1. The smallest absolute Gasteiger partial charge is 0.407 e. The summed E-state index contributed by atoms with van der Waals surface area (Å²) in [5.74, 6) is -0.787. The highest BCUT2D eigenvalue weighted by molar-refractivity contribution is 5.85. The van der Waals surface area contributed by atoms with E-state index >= 15 is 0 Å². The van der Waals surface area contributed by atoms with Crippen molar-refractivity contribution in [3.8, 4) is 0 Å². The zero-order valence-electron chi connectivity index (χ0n) is 16.1. The molecular weight excluding hydrogens is 348 g/mol. The summed E-state index contributed by atoms with van der Waals surface area (Å²) in [5, 5.41) is 5.46. The highest BCUT2D eigenvalue weighted by Crippen LogP contribution is 2.23. The van der Waals surface area contributed by atoms with Crippen molar-refractivity contribution in [1.82, 2.24) is 10.6 Å². The molecule has 1 aliphatic carbocycles. The van der Waals surface area contributed by atoms with E-state index in [9.17, 15) is 14.4 Å². The third-order valence-electron chi connectivity index (χ3n) is 3.74. The maximum absolute atomic E-state index is 12.4. The fourth-order valence-corrected chi connectivity index (χ4v) is 2.33. The molecule has 1 fully saturated rings. The second-order valence-corrected chi connectivity index (χ2v) is 7.60. The molecule has 1 atom stereocenters. The summed E-state index contributed by atoms with van der Waals surface area (Å²) < 4.78 is 10.5. The molecular formula is C20H28N2O5. The highest BCUT2D eigenvalue weighted by atomic mass is 16.6. The number of carbonyl (C=O) groups is 3. The van der Waals surface area contributed by atoms with Gasteiger partial charge in [-0.2, -0.15) is 0 Å². The third-order valence-corrected chi connectivity index (χ3v) is 3.74. The van der Waals surface area contributed by atoms with E-state index in [1.807, 2.05) is 6.07 Å². The molecule has 0 saturated heterocycles. The van der Waals surface area contributed by atoms with Crippen molar-refractivity contribution < 1.29 is 23.9 Å². The molecule has 27 heavy (non-hydrogen) atoms. The van der Waals surface area contributed by atoms with Gasteiger partial charge in [0.05, 0.1) is 0 Å². The van der Waals surface area contributed by atoms with Gasteiger partial charge in [-0.1, -0.05) is 30.3 Å². The second-order valence-electron chi connectivity index (χ2n) is 7.60. The molecule has 2 rings (SSSR count). The summed E-state index contributed by atoms with van der Waals surface area (Å²) in [6, 6.07) is 9.13. The lowest BCUT2D eigenvalue weighted by molar-refractivity contribution is -0.156. The zero-order chi connectivity index (χ0) is 19.9. The summed E-state index contributed by atoms with van der Waals surface area (Å²) >= 11 is 0. The van der Waals surface area contributed by atoms with E-state index in [4.69, 9.17) is 9.47 Å². The van der Waals surface area contributed by atoms with Crippen LogP contribution in [0.15, 0.2) is 30.3 Å². The summed E-state index contributed by atoms with van der Waals surface area (Å²) in [6.45, 7) is 5.62. The number of hydrogen-bond acceptors (Lipinski definition) is 5. The zero-order valence-corrected chi connectivity index (χ0v) is 16.1. The topological polar surface area (TPSA) is 93.7 Å². The summed E-state index contributed by atoms with van der Waals surface area (Å²) in [7, 11) is 0. The molecule has 148 valence electrons. The van der Waals surface area contributed by atoms with Gasteiger partial charge in [0.2, 0.25) is 6.10 Å². The Morgan fingerprint density at radius 2 is 1.81 bits per heavy atom. The molecule has 7 nitrogen and oxygen atoms in total. The van der Waals surface area contributed by atoms with Gasteiger partial charge in [0.15, 0.2) is 0 Å². The fourth-order valence-electron chi connectivity index (χ4n) is 2.33. The van der Waals surface area contributed by atoms with Crippen LogP contribution in [0.1, 0.15) is 58.1 Å². The van der Waals surface area contributed by atoms with E-state index in [0.717, 1.165) is 12.8 Å². The number of carbonyl (C=O) groups excluding carboxylic acids is 3. The molecule has 2 N–H and O–H groups in total. The minimum absolute atomic E-state index is 0.0931. The van der Waals surface area contributed by atoms with Gasteiger partial charge in [0, 0.05) is 24.6 Å². The average molecular weight is 376 g/mol. The van der Waals surface area contributed by atoms with Gasteiger partial charge in [-0.25, -0.2) is 4.79 Å². The van der Waals surface area contributed by atoms with E-state index in [0.29, 0.717) is 12.0 Å². The molecule has 1 aliphatic rings. The Balaban J connectivity index is 1.79. The molecule has 0 spiro atoms. The number of esters is 1. The number of amides is 2. The standard InChI is InChI=1S/C20H28N2O5/c1-20(2,3)27-19(25)21-13-7-10-16(23)26-17(14-8-5-4-6-9-14)18(24)22-15-11-12-15/h4-6,8-9,15,17H,7,10-13H2,1-3H3,(H,21,25)(H,22,24)/t17-/m1/s1. The minimum Gasteiger partial charge on any atom is -0.447 e. The summed E-state index contributed by atoms with van der Waals surface area (Å²) in [5.41, 5.74) is 0.0665. The van der Waals surface area contributed by atoms with Gasteiger partial charge >= 0.3 is 12.1 Å². The Morgan fingerprint density at radius 3 is 2.41 bits per heavy atom. The maximum Gasteiger partial charge on any atom is 0.407 e. The second kappa shape index (κ2) is 9.39. The largest absolute Gasteiger partial charge is 0.447 e. The van der Waals surface area contributed by atoms with Crippen LogP contribution >= 0.6 is 0 Å². The van der Waals surface area contributed by atoms with Gasteiger partial charge in [0.1, 0.15) is 5.60 Å². The van der Waals surface area contributed by atoms with Gasteiger partial charge in [0.25, 0.3) is 5.91 Å². The van der Waals surface area contributed by atoms with Crippen LogP contribution in [0.2, 0.25) is 0 Å². The van der Waals surface area contributed by atoms with Gasteiger partial charge in [-0.3, -0.25) is 9.59 Å². The normalized spacial score (nSPS) is 14.8. The lowest BCUT2D eigenvalue weighted by Gasteiger charge is -2.20. The molecule has 0 bridgehead atoms. The van der Waals surface area contributed by atoms with Crippen LogP contribution < -0.4 is 10.6 Å². The molecule has 0 aliphatic heterocycles. The third kappa shape index (κ3) is 8.11. The highest BCUT2D eigenvalue weighted by Gasteiger charge is 2.30. The molecule has 2 amide bonds. The Morgan fingerprint density at radius 1 is 1.15 bits per heavy atom. The molecule has 0 aromatic heterocycles. The van der Waals surface area contributed by atoms with Crippen molar-refractivity contribution in [1.29, 1.82) is 0 Å². The predicted octanol–water partition coefficient (Wildman–Crippen LogP) is 2.85. The maximum atomic E-state index is 12.4. The molecule has 7 heteroatoms. The van der Waals surface area contributed by atoms with Crippen molar-refractivity contribution in [3.63, 3.8) is 0 Å². The molecule has 1 saturated carbocycles. The molecule has 1 aromatic rings. The number of rotatable bonds is 8. The SMILES string of the molecule is CC(C)(C)OC(=O)NCCCC(=O)O[C@@H](C(=O)NC1CC1)c1ccccc1. The first-order valence-electron chi connectivity index (χ1n) is 9.26. The van der Waals surface area contributed by atoms with Crippen LogP contribution in [-0.2, 0) is 19.1 Å². The van der Waals surface area contributed by atoms with E-state index in [1.54, 1.807) is 45.0 Å². The number of hydrogen-bond donors (Lipinski definition) is 2. The fraction of sp³-hybridized carbons (Fsp3) is 0.550. The Kier molecular flexibility index (Phi) is 7.21. The molecule has 0 radical (unpaired) electrons. The van der Waals surface area contributed by atoms with Crippen molar-refractivity contribution in [2.75, 3.05) is 6.54 Å². The van der Waals surface area contributed by atoms with Crippen LogP contribution in [0, 0.1) is 0 Å². The summed E-state index contributed by atoms with van der Waals surface area (Å²) in [4.78, 5) is 36.1. The first-order chi connectivity index (χ1) is 12.7. The number of alkyl carbamates (subject to hydrolysis) is 1. The van der Waals surface area contributed by atoms with Crippen molar-refractivity contribution >= 4 is 18.0 Å². The lowest BCUT2D eigenvalue weighted by Crippen LogP contribution is -2.34. The Bertz CT molecular complexity index is 650. The molecule has 0 heterocycles. The van der Waals surface area contributed by atoms with E-state index < -0.39 is 23.8 Å². The quantitative estimate of drug-likeness (QED) is 0.537. The van der Waals surface area contributed by atoms with E-state index in [1.165, 1.54) is 0 Å². The molecule has 0 unspecified atom stereocenters. The Hall–Kier alpha value is -2.57. The number of nitrogens with one attached hydrogen (secondary N) is 2. The first-order valence-corrected chi connectivity index (χ1v) is 9.26. The average Bonchev–Trinajstić information content (AvgIpc) is 3.39. The van der Waals surface area contributed by atoms with Crippen molar-refractivity contribution in [2.24, 2.45) is 0 Å². The van der Waals surface area contributed by atoms with E-state index in [-0.39, 0.29) is 24.9 Å². The number of benzene rings is 1. The van der Waals surface area contributed by atoms with Crippen molar-refractivity contribution in [3.05, 3.63) is 35.9 Å². The van der Waals surface area contributed by atoms with Crippen LogP contribution in [0.25, 0.3) is 0 Å². The minimum atomic E-state index is -0.960. The van der Waals surface area contributed by atoms with Gasteiger partial charge in [-0.15, -0.1) is 0 Å². The number of ether oxygens (including phenoxy) is 2. The van der Waals surface area contributed by atoms with Gasteiger partial charge < -0.3 is 20.1 Å². The van der Waals surface area contributed by atoms with E-state index in [2.05, 4.69) is 10.6 Å². The van der Waals surface area contributed by atoms with Gasteiger partial charge in [-0.05, 0) is 40.0 Å².